The lowest BCUT2D eigenvalue weighted by Crippen LogP contribution is -1.95. The summed E-state index contributed by atoms with van der Waals surface area (Å²) in [7, 11) is 0. The number of benzene rings is 2. The van der Waals surface area contributed by atoms with Crippen LogP contribution in [0, 0.1) is 6.92 Å². The second-order valence-corrected chi connectivity index (χ2v) is 3.92. The van der Waals surface area contributed by atoms with Crippen LogP contribution < -0.4 is 17.2 Å². The number of nitrogens with two attached hydrogens (primary N) is 3. The number of aryl methyl sites for hydroxylation is 1. The average Bonchev–Trinajstić information content (AvgIpc) is 2.22. The Morgan fingerprint density at radius 2 is 1.56 bits per heavy atom. The van der Waals surface area contributed by atoms with Gasteiger partial charge in [0.2, 0.25) is 0 Å². The van der Waals surface area contributed by atoms with Crippen molar-refractivity contribution in [3.63, 3.8) is 0 Å². The molecule has 0 fully saturated rings. The molecule has 3 heteroatoms. The third-order valence-electron chi connectivity index (χ3n) is 2.67. The van der Waals surface area contributed by atoms with Crippen molar-refractivity contribution in [3.8, 4) is 11.1 Å². The standard InChI is InChI=1S/C13H15N3/c1-8-2-3-9(6-12(8)15)11-5-4-10(14)7-13(11)16/h2-7H,14-16H2,1H3. The topological polar surface area (TPSA) is 78.1 Å². The molecular weight excluding hydrogens is 198 g/mol. The molecule has 0 aliphatic rings. The van der Waals surface area contributed by atoms with Crippen molar-refractivity contribution in [1.82, 2.24) is 0 Å². The molecule has 0 heterocycles. The summed E-state index contributed by atoms with van der Waals surface area (Å²) in [6, 6.07) is 11.4. The Kier molecular flexibility index (Phi) is 2.44. The van der Waals surface area contributed by atoms with Crippen molar-refractivity contribution in [2.45, 2.75) is 6.92 Å². The fourth-order valence-corrected chi connectivity index (χ4v) is 1.65. The van der Waals surface area contributed by atoms with Gasteiger partial charge in [-0.3, -0.25) is 0 Å². The highest BCUT2D eigenvalue weighted by Crippen LogP contribution is 2.29. The largest absolute Gasteiger partial charge is 0.399 e. The van der Waals surface area contributed by atoms with Crippen molar-refractivity contribution < 1.29 is 0 Å². The minimum atomic E-state index is 0.668. The number of rotatable bonds is 1. The molecule has 0 spiro atoms. The number of hydrogen-bond donors (Lipinski definition) is 3. The van der Waals surface area contributed by atoms with Crippen molar-refractivity contribution in [1.29, 1.82) is 0 Å². The molecule has 0 aliphatic heterocycles. The third-order valence-corrected chi connectivity index (χ3v) is 2.67. The zero-order chi connectivity index (χ0) is 11.7. The summed E-state index contributed by atoms with van der Waals surface area (Å²) in [5, 5.41) is 0. The second kappa shape index (κ2) is 3.77. The molecule has 0 amide bonds. The van der Waals surface area contributed by atoms with E-state index in [0.29, 0.717) is 11.4 Å². The fourth-order valence-electron chi connectivity index (χ4n) is 1.65. The normalized spacial score (nSPS) is 10.3. The van der Waals surface area contributed by atoms with E-state index in [1.54, 1.807) is 6.07 Å². The highest BCUT2D eigenvalue weighted by atomic mass is 14.6. The molecule has 0 saturated carbocycles. The number of anilines is 3. The molecule has 0 aromatic heterocycles. The van der Waals surface area contributed by atoms with Crippen LogP contribution in [0.1, 0.15) is 5.56 Å². The summed E-state index contributed by atoms with van der Waals surface area (Å²) in [6.45, 7) is 1.98. The third kappa shape index (κ3) is 1.80. The minimum absolute atomic E-state index is 0.668. The maximum absolute atomic E-state index is 5.92. The van der Waals surface area contributed by atoms with Gasteiger partial charge in [0.05, 0.1) is 0 Å². The van der Waals surface area contributed by atoms with Crippen LogP contribution in [0.2, 0.25) is 0 Å². The van der Waals surface area contributed by atoms with Crippen LogP contribution in [-0.2, 0) is 0 Å². The van der Waals surface area contributed by atoms with Crippen LogP contribution in [-0.4, -0.2) is 0 Å². The summed E-state index contributed by atoms with van der Waals surface area (Å²) in [5.41, 5.74) is 22.6. The lowest BCUT2D eigenvalue weighted by Gasteiger charge is -2.08. The summed E-state index contributed by atoms with van der Waals surface area (Å²) in [5.74, 6) is 0. The fraction of sp³-hybridized carbons (Fsp3) is 0.0769. The zero-order valence-electron chi connectivity index (χ0n) is 9.20. The van der Waals surface area contributed by atoms with E-state index in [-0.39, 0.29) is 0 Å². The molecule has 0 aliphatic carbocycles. The van der Waals surface area contributed by atoms with Gasteiger partial charge in [-0.05, 0) is 36.2 Å². The molecule has 2 aromatic rings. The first-order valence-electron chi connectivity index (χ1n) is 5.09. The van der Waals surface area contributed by atoms with E-state index in [4.69, 9.17) is 17.2 Å². The molecule has 0 atom stereocenters. The number of nitrogen functional groups attached to an aromatic ring is 3. The molecule has 6 N–H and O–H groups in total. The second-order valence-electron chi connectivity index (χ2n) is 3.92. The van der Waals surface area contributed by atoms with Gasteiger partial charge in [-0.15, -0.1) is 0 Å². The molecule has 2 rings (SSSR count). The van der Waals surface area contributed by atoms with Crippen LogP contribution in [0.25, 0.3) is 11.1 Å². The van der Waals surface area contributed by atoms with Gasteiger partial charge >= 0.3 is 0 Å². The Balaban J connectivity index is 2.54. The first kappa shape index (κ1) is 10.4. The summed E-state index contributed by atoms with van der Waals surface area (Å²) >= 11 is 0. The van der Waals surface area contributed by atoms with Crippen molar-refractivity contribution >= 4 is 17.1 Å². The van der Waals surface area contributed by atoms with E-state index in [1.807, 2.05) is 37.3 Å². The smallest absolute Gasteiger partial charge is 0.0414 e. The van der Waals surface area contributed by atoms with Gasteiger partial charge in [0.25, 0.3) is 0 Å². The average molecular weight is 213 g/mol. The molecule has 0 bridgehead atoms. The molecule has 3 nitrogen and oxygen atoms in total. The zero-order valence-corrected chi connectivity index (χ0v) is 9.20. The molecule has 2 aromatic carbocycles. The summed E-state index contributed by atoms with van der Waals surface area (Å²) in [4.78, 5) is 0. The monoisotopic (exact) mass is 213 g/mol. The van der Waals surface area contributed by atoms with E-state index in [0.717, 1.165) is 22.4 Å². The molecule has 16 heavy (non-hydrogen) atoms. The summed E-state index contributed by atoms with van der Waals surface area (Å²) in [6.07, 6.45) is 0. The maximum Gasteiger partial charge on any atom is 0.0414 e. The van der Waals surface area contributed by atoms with Crippen LogP contribution in [0.4, 0.5) is 17.1 Å². The summed E-state index contributed by atoms with van der Waals surface area (Å²) < 4.78 is 0. The van der Waals surface area contributed by atoms with Crippen LogP contribution in [0.15, 0.2) is 36.4 Å². The number of hydrogen-bond acceptors (Lipinski definition) is 3. The predicted molar refractivity (Wildman–Crippen MR) is 69.9 cm³/mol. The Bertz CT molecular complexity index is 533. The van der Waals surface area contributed by atoms with Crippen LogP contribution in [0.3, 0.4) is 0 Å². The molecule has 0 unspecified atom stereocenters. The maximum atomic E-state index is 5.92. The Morgan fingerprint density at radius 3 is 2.19 bits per heavy atom. The van der Waals surface area contributed by atoms with Crippen molar-refractivity contribution in [2.24, 2.45) is 0 Å². The lowest BCUT2D eigenvalue weighted by atomic mass is 10.0. The molecule has 82 valence electrons. The van der Waals surface area contributed by atoms with E-state index in [2.05, 4.69) is 0 Å². The van der Waals surface area contributed by atoms with Gasteiger partial charge in [0, 0.05) is 22.6 Å². The minimum Gasteiger partial charge on any atom is -0.399 e. The highest BCUT2D eigenvalue weighted by Gasteiger charge is 2.04. The highest BCUT2D eigenvalue weighted by molar-refractivity contribution is 5.80. The van der Waals surface area contributed by atoms with E-state index < -0.39 is 0 Å². The van der Waals surface area contributed by atoms with Gasteiger partial charge in [0.1, 0.15) is 0 Å². The van der Waals surface area contributed by atoms with Gasteiger partial charge in [-0.25, -0.2) is 0 Å². The van der Waals surface area contributed by atoms with Gasteiger partial charge in [-0.2, -0.15) is 0 Å². The molecule has 0 radical (unpaired) electrons. The lowest BCUT2D eigenvalue weighted by molar-refractivity contribution is 1.47. The molecular formula is C13H15N3. The predicted octanol–water partition coefficient (Wildman–Crippen LogP) is 2.41. The Morgan fingerprint density at radius 1 is 0.812 bits per heavy atom. The van der Waals surface area contributed by atoms with Crippen LogP contribution >= 0.6 is 0 Å². The first-order chi connectivity index (χ1) is 7.58. The Labute approximate surface area is 94.9 Å². The van der Waals surface area contributed by atoms with Crippen LogP contribution in [0.5, 0.6) is 0 Å². The van der Waals surface area contributed by atoms with E-state index in [1.165, 1.54) is 0 Å². The van der Waals surface area contributed by atoms with E-state index >= 15 is 0 Å². The quantitative estimate of drug-likeness (QED) is 0.636. The van der Waals surface area contributed by atoms with Crippen molar-refractivity contribution in [3.05, 3.63) is 42.0 Å². The first-order valence-corrected chi connectivity index (χ1v) is 5.09. The Hall–Kier alpha value is -2.16. The van der Waals surface area contributed by atoms with Gasteiger partial charge in [0.15, 0.2) is 0 Å². The van der Waals surface area contributed by atoms with Gasteiger partial charge in [-0.1, -0.05) is 18.2 Å². The van der Waals surface area contributed by atoms with Crippen molar-refractivity contribution in [2.75, 3.05) is 17.2 Å². The molecule has 0 saturated heterocycles. The SMILES string of the molecule is Cc1ccc(-c2ccc(N)cc2N)cc1N. The van der Waals surface area contributed by atoms with E-state index in [9.17, 15) is 0 Å². The van der Waals surface area contributed by atoms with Gasteiger partial charge < -0.3 is 17.2 Å².